The first-order chi connectivity index (χ1) is 22.6. The number of carbonyl (C=O) groups is 2. The number of aromatic carboxylic acids is 1. The molecule has 2 aromatic carbocycles. The van der Waals surface area contributed by atoms with Crippen LogP contribution in [0.5, 0.6) is 5.75 Å². The van der Waals surface area contributed by atoms with Crippen LogP contribution >= 0.6 is 0 Å². The fourth-order valence-electron chi connectivity index (χ4n) is 5.76. The molecule has 0 spiro atoms. The normalized spacial score (nSPS) is 15.1. The Morgan fingerprint density at radius 2 is 1.65 bits per heavy atom. The number of benzene rings is 2. The van der Waals surface area contributed by atoms with E-state index in [1.807, 2.05) is 69.3 Å². The number of ether oxygens (including phenoxy) is 2. The van der Waals surface area contributed by atoms with E-state index in [0.29, 0.717) is 12.2 Å². The van der Waals surface area contributed by atoms with Crippen molar-refractivity contribution in [2.75, 3.05) is 13.1 Å². The van der Waals surface area contributed by atoms with E-state index in [-0.39, 0.29) is 29.8 Å². The second-order valence-electron chi connectivity index (χ2n) is 15.3. The number of carboxylic acids is 1. The molecule has 1 heterocycles. The Labute approximate surface area is 288 Å². The van der Waals surface area contributed by atoms with Crippen molar-refractivity contribution in [2.24, 2.45) is 0 Å². The predicted octanol–water partition coefficient (Wildman–Crippen LogP) is 9.70. The largest absolute Gasteiger partial charge is 0.489 e. The molecule has 0 radical (unpaired) electrons. The van der Waals surface area contributed by atoms with Gasteiger partial charge in [0.1, 0.15) is 16.9 Å². The van der Waals surface area contributed by atoms with Crippen molar-refractivity contribution in [1.82, 2.24) is 9.88 Å². The molecule has 1 N–H and O–H groups in total. The maximum Gasteiger partial charge on any atom is 0.410 e. The Morgan fingerprint density at radius 1 is 0.958 bits per heavy atom. The van der Waals surface area contributed by atoms with E-state index in [1.165, 1.54) is 0 Å². The molecular weight excluding hydrogens is 621 g/mol. The lowest BCUT2D eigenvalue weighted by molar-refractivity contribution is 0.0157. The monoisotopic (exact) mass is 674 g/mol. The SMILES string of the molecule is CC(C)(C)OC(=O)N(CCc1c(-c2ccccc2)ccc(C(=O)O)c1OC1CCCCC1)C[C@H](O[Si](C)(C)C(C)(C)C)c1cccnc1. The minimum atomic E-state index is -2.29. The highest BCUT2D eigenvalue weighted by atomic mass is 28.4. The second kappa shape index (κ2) is 15.7. The van der Waals surface area contributed by atoms with Gasteiger partial charge in [-0.3, -0.25) is 4.98 Å². The van der Waals surface area contributed by atoms with Crippen molar-refractivity contribution in [3.8, 4) is 16.9 Å². The van der Waals surface area contributed by atoms with Crippen LogP contribution in [0.15, 0.2) is 67.0 Å². The number of carbonyl (C=O) groups excluding carboxylic acids is 1. The summed E-state index contributed by atoms with van der Waals surface area (Å²) < 4.78 is 19.5. The molecule has 0 unspecified atom stereocenters. The van der Waals surface area contributed by atoms with E-state index in [4.69, 9.17) is 13.9 Å². The summed E-state index contributed by atoms with van der Waals surface area (Å²) in [5, 5.41) is 10.3. The molecule has 1 atom stereocenters. The lowest BCUT2D eigenvalue weighted by Gasteiger charge is -2.40. The van der Waals surface area contributed by atoms with Gasteiger partial charge in [0.15, 0.2) is 8.32 Å². The van der Waals surface area contributed by atoms with Gasteiger partial charge in [-0.15, -0.1) is 0 Å². The number of aromatic nitrogens is 1. The number of pyridine rings is 1. The van der Waals surface area contributed by atoms with E-state index >= 15 is 0 Å². The molecule has 48 heavy (non-hydrogen) atoms. The van der Waals surface area contributed by atoms with Crippen LogP contribution in [0.3, 0.4) is 0 Å². The molecule has 4 rings (SSSR count). The molecule has 8 nitrogen and oxygen atoms in total. The third-order valence-corrected chi connectivity index (χ3v) is 13.9. The molecule has 0 saturated heterocycles. The molecule has 0 bridgehead atoms. The highest BCUT2D eigenvalue weighted by Crippen LogP contribution is 2.41. The van der Waals surface area contributed by atoms with E-state index in [9.17, 15) is 14.7 Å². The lowest BCUT2D eigenvalue weighted by atomic mass is 9.93. The van der Waals surface area contributed by atoms with Crippen LogP contribution in [0.2, 0.25) is 18.1 Å². The molecule has 1 aliphatic rings. The Kier molecular flexibility index (Phi) is 12.1. The van der Waals surface area contributed by atoms with Gasteiger partial charge in [0.05, 0.1) is 18.8 Å². The zero-order valence-corrected chi connectivity index (χ0v) is 31.0. The van der Waals surface area contributed by atoms with Gasteiger partial charge in [-0.2, -0.15) is 0 Å². The first kappa shape index (κ1) is 37.1. The van der Waals surface area contributed by atoms with Gasteiger partial charge in [-0.1, -0.05) is 69.7 Å². The molecule has 1 amide bonds. The zero-order valence-electron chi connectivity index (χ0n) is 30.0. The Balaban J connectivity index is 1.78. The summed E-state index contributed by atoms with van der Waals surface area (Å²) in [5.74, 6) is -0.647. The average Bonchev–Trinajstić information content (AvgIpc) is 3.02. The molecule has 0 aliphatic heterocycles. The van der Waals surface area contributed by atoms with Crippen LogP contribution in [0, 0.1) is 0 Å². The fraction of sp³-hybridized carbons (Fsp3) is 0.513. The van der Waals surface area contributed by atoms with Crippen molar-refractivity contribution < 1.29 is 28.6 Å². The fourth-order valence-corrected chi connectivity index (χ4v) is 7.03. The number of hydrogen-bond acceptors (Lipinski definition) is 6. The van der Waals surface area contributed by atoms with Crippen LogP contribution < -0.4 is 4.74 Å². The molecule has 1 fully saturated rings. The second-order valence-corrected chi connectivity index (χ2v) is 20.1. The molecular formula is C39H54N2O6Si. The van der Waals surface area contributed by atoms with Gasteiger partial charge in [0, 0.05) is 24.5 Å². The standard InChI is InChI=1S/C39H54N2O6Si/c1-38(2,3)46-37(44)41(27-34(29-18-15-24-40-26-29)47-48(7,8)39(4,5)6)25-23-32-31(28-16-11-9-12-17-28)21-22-33(36(42)43)35(32)45-30-19-13-10-14-20-30/h9,11-12,15-18,21-22,24,26,30,34H,10,13-14,19-20,23,25,27H2,1-8H3,(H,42,43)/t34-/m0/s1. The van der Waals surface area contributed by atoms with Gasteiger partial charge >= 0.3 is 12.1 Å². The van der Waals surface area contributed by atoms with Crippen molar-refractivity contribution in [1.29, 1.82) is 0 Å². The van der Waals surface area contributed by atoms with Crippen molar-refractivity contribution >= 4 is 20.4 Å². The third-order valence-electron chi connectivity index (χ3n) is 9.38. The molecule has 9 heteroatoms. The predicted molar refractivity (Wildman–Crippen MR) is 193 cm³/mol. The number of carboxylic acid groups (broad SMARTS) is 1. The lowest BCUT2D eigenvalue weighted by Crippen LogP contribution is -2.46. The summed E-state index contributed by atoms with van der Waals surface area (Å²) >= 11 is 0. The van der Waals surface area contributed by atoms with E-state index in [2.05, 4.69) is 38.8 Å². The molecule has 1 aromatic heterocycles. The number of rotatable bonds is 12. The van der Waals surface area contributed by atoms with E-state index in [0.717, 1.165) is 54.4 Å². The summed E-state index contributed by atoms with van der Waals surface area (Å²) in [4.78, 5) is 32.6. The summed E-state index contributed by atoms with van der Waals surface area (Å²) in [6, 6.07) is 17.3. The van der Waals surface area contributed by atoms with Crippen LogP contribution in [-0.4, -0.2) is 60.2 Å². The Hall–Kier alpha value is -3.69. The summed E-state index contributed by atoms with van der Waals surface area (Å²) in [6.07, 6.45) is 7.95. The van der Waals surface area contributed by atoms with E-state index < -0.39 is 32.1 Å². The first-order valence-electron chi connectivity index (χ1n) is 17.2. The van der Waals surface area contributed by atoms with Gasteiger partial charge in [0.2, 0.25) is 0 Å². The minimum Gasteiger partial charge on any atom is -0.489 e. The number of amides is 1. The van der Waals surface area contributed by atoms with Crippen molar-refractivity contribution in [3.05, 3.63) is 83.7 Å². The summed E-state index contributed by atoms with van der Waals surface area (Å²) in [5.41, 5.74) is 2.91. The van der Waals surface area contributed by atoms with Crippen LogP contribution in [0.1, 0.15) is 101 Å². The van der Waals surface area contributed by atoms with Gasteiger partial charge in [-0.05, 0) is 99.8 Å². The Bertz CT molecular complexity index is 1510. The minimum absolute atomic E-state index is 0.0581. The highest BCUT2D eigenvalue weighted by molar-refractivity contribution is 6.74. The summed E-state index contributed by atoms with van der Waals surface area (Å²) in [6.45, 7) is 17.1. The Morgan fingerprint density at radius 3 is 2.23 bits per heavy atom. The van der Waals surface area contributed by atoms with Crippen LogP contribution in [-0.2, 0) is 15.6 Å². The number of nitrogens with zero attached hydrogens (tertiary/aromatic N) is 2. The third kappa shape index (κ3) is 9.92. The molecule has 1 aliphatic carbocycles. The van der Waals surface area contributed by atoms with Gasteiger partial charge in [-0.25, -0.2) is 9.59 Å². The zero-order chi connectivity index (χ0) is 35.1. The van der Waals surface area contributed by atoms with Crippen molar-refractivity contribution in [2.45, 2.75) is 116 Å². The average molecular weight is 675 g/mol. The van der Waals surface area contributed by atoms with Gasteiger partial charge < -0.3 is 23.9 Å². The van der Waals surface area contributed by atoms with Crippen molar-refractivity contribution in [3.63, 3.8) is 0 Å². The first-order valence-corrected chi connectivity index (χ1v) is 20.1. The maximum atomic E-state index is 14.0. The quantitative estimate of drug-likeness (QED) is 0.191. The molecule has 260 valence electrons. The smallest absolute Gasteiger partial charge is 0.410 e. The topological polar surface area (TPSA) is 98.2 Å². The van der Waals surface area contributed by atoms with E-state index in [1.54, 1.807) is 23.4 Å². The van der Waals surface area contributed by atoms with Crippen LogP contribution in [0.4, 0.5) is 4.79 Å². The number of hydrogen-bond donors (Lipinski definition) is 1. The van der Waals surface area contributed by atoms with Gasteiger partial charge in [0.25, 0.3) is 0 Å². The molecule has 3 aromatic rings. The summed E-state index contributed by atoms with van der Waals surface area (Å²) in [7, 11) is -2.29. The maximum absolute atomic E-state index is 14.0. The highest BCUT2D eigenvalue weighted by Gasteiger charge is 2.40. The molecule has 1 saturated carbocycles. The van der Waals surface area contributed by atoms with Crippen LogP contribution in [0.25, 0.3) is 11.1 Å².